The molecule has 0 amide bonds. The van der Waals surface area contributed by atoms with Crippen molar-refractivity contribution >= 4 is 55.2 Å². The van der Waals surface area contributed by atoms with E-state index in [1.54, 1.807) is 0 Å². The Morgan fingerprint density at radius 2 is 1.72 bits per heavy atom. The highest BCUT2D eigenvalue weighted by molar-refractivity contribution is 9.11. The first-order valence-corrected chi connectivity index (χ1v) is 10.1. The van der Waals surface area contributed by atoms with Crippen LogP contribution in [-0.2, 0) is 0 Å². The minimum atomic E-state index is 0.486. The second kappa shape index (κ2) is 8.27. The lowest BCUT2D eigenvalue weighted by Crippen LogP contribution is -2.34. The van der Waals surface area contributed by atoms with Crippen LogP contribution in [0.1, 0.15) is 39.5 Å². The summed E-state index contributed by atoms with van der Waals surface area (Å²) in [6.45, 7) is 5.78. The minimum Gasteiger partial charge on any atom is -0.311 e. The van der Waals surface area contributed by atoms with Gasteiger partial charge in [0.05, 0.1) is 8.95 Å². The SMILES string of the molecule is CCCCN=C1Nc2nc(=NCCCC)nc3c(Br)cc(Br)c(n23)N1. The van der Waals surface area contributed by atoms with Gasteiger partial charge in [0.25, 0.3) is 0 Å². The molecule has 9 heteroatoms. The molecule has 0 aliphatic carbocycles. The molecule has 0 unspecified atom stereocenters. The fourth-order valence-electron chi connectivity index (χ4n) is 2.42. The Bertz CT molecular complexity index is 873. The topological polar surface area (TPSA) is 79.0 Å². The van der Waals surface area contributed by atoms with Crippen LogP contribution in [0.25, 0.3) is 5.65 Å². The van der Waals surface area contributed by atoms with Gasteiger partial charge in [0, 0.05) is 13.1 Å². The van der Waals surface area contributed by atoms with Gasteiger partial charge in [-0.1, -0.05) is 26.7 Å². The molecular weight excluding hydrogens is 450 g/mol. The lowest BCUT2D eigenvalue weighted by molar-refractivity contribution is 0.771. The molecule has 3 rings (SSSR count). The maximum atomic E-state index is 4.59. The van der Waals surface area contributed by atoms with Gasteiger partial charge in [0.15, 0.2) is 5.65 Å². The van der Waals surface area contributed by atoms with Crippen molar-refractivity contribution in [2.75, 3.05) is 23.7 Å². The molecule has 2 N–H and O–H groups in total. The Labute approximate surface area is 163 Å². The molecule has 0 fully saturated rings. The zero-order valence-electron chi connectivity index (χ0n) is 14.3. The summed E-state index contributed by atoms with van der Waals surface area (Å²) in [4.78, 5) is 18.3. The smallest absolute Gasteiger partial charge is 0.249 e. The number of anilines is 2. The lowest BCUT2D eigenvalue weighted by Gasteiger charge is -2.23. The first-order chi connectivity index (χ1) is 12.1. The van der Waals surface area contributed by atoms with Gasteiger partial charge >= 0.3 is 0 Å². The van der Waals surface area contributed by atoms with E-state index in [9.17, 15) is 0 Å². The second-order valence-electron chi connectivity index (χ2n) is 5.76. The first kappa shape index (κ1) is 18.3. The number of aromatic nitrogens is 3. The molecule has 0 spiro atoms. The molecule has 1 aliphatic heterocycles. The van der Waals surface area contributed by atoms with E-state index in [2.05, 4.69) is 76.3 Å². The molecule has 1 aliphatic rings. The van der Waals surface area contributed by atoms with E-state index in [0.29, 0.717) is 17.5 Å². The monoisotopic (exact) mass is 469 g/mol. The van der Waals surface area contributed by atoms with Gasteiger partial charge < -0.3 is 5.32 Å². The summed E-state index contributed by atoms with van der Waals surface area (Å²) in [6.07, 6.45) is 4.27. The van der Waals surface area contributed by atoms with Crippen LogP contribution in [0.3, 0.4) is 0 Å². The van der Waals surface area contributed by atoms with E-state index in [-0.39, 0.29) is 0 Å². The third kappa shape index (κ3) is 4.03. The van der Waals surface area contributed by atoms with Gasteiger partial charge in [-0.15, -0.1) is 0 Å². The van der Waals surface area contributed by atoms with Gasteiger partial charge in [-0.05, 0) is 50.8 Å². The van der Waals surface area contributed by atoms with Crippen LogP contribution in [0.5, 0.6) is 0 Å². The number of halogens is 2. The predicted octanol–water partition coefficient (Wildman–Crippen LogP) is 3.95. The van der Waals surface area contributed by atoms with E-state index < -0.39 is 0 Å². The van der Waals surface area contributed by atoms with Crippen LogP contribution in [0.2, 0.25) is 0 Å². The van der Waals surface area contributed by atoms with Crippen LogP contribution in [0.4, 0.5) is 11.8 Å². The highest BCUT2D eigenvalue weighted by Crippen LogP contribution is 2.32. The van der Waals surface area contributed by atoms with Crippen molar-refractivity contribution in [2.24, 2.45) is 9.98 Å². The Balaban J connectivity index is 2.10. The van der Waals surface area contributed by atoms with Crippen molar-refractivity contribution in [2.45, 2.75) is 39.5 Å². The molecule has 0 aromatic carbocycles. The van der Waals surface area contributed by atoms with Crippen LogP contribution < -0.4 is 16.3 Å². The van der Waals surface area contributed by atoms with E-state index in [0.717, 1.165) is 59.2 Å². The number of pyridine rings is 1. The molecule has 2 aromatic rings. The summed E-state index contributed by atoms with van der Waals surface area (Å²) >= 11 is 7.18. The maximum Gasteiger partial charge on any atom is 0.249 e. The van der Waals surface area contributed by atoms with E-state index in [1.165, 1.54) is 0 Å². The Hall–Kier alpha value is -1.48. The van der Waals surface area contributed by atoms with Crippen LogP contribution in [0, 0.1) is 0 Å². The fraction of sp³-hybridized carbons (Fsp3) is 0.500. The molecule has 0 atom stereocenters. The van der Waals surface area contributed by atoms with Gasteiger partial charge in [0.1, 0.15) is 5.82 Å². The van der Waals surface area contributed by atoms with Gasteiger partial charge in [-0.3, -0.25) is 10.3 Å². The average molecular weight is 471 g/mol. The average Bonchev–Trinajstić information content (AvgIpc) is 2.59. The third-order valence-corrected chi connectivity index (χ3v) is 4.95. The number of hydrogen-bond acceptors (Lipinski definition) is 4. The lowest BCUT2D eigenvalue weighted by atomic mass is 10.3. The second-order valence-corrected chi connectivity index (χ2v) is 7.47. The van der Waals surface area contributed by atoms with Crippen molar-refractivity contribution in [3.05, 3.63) is 20.6 Å². The maximum absolute atomic E-state index is 4.59. The van der Waals surface area contributed by atoms with Gasteiger partial charge in [-0.2, -0.15) is 9.97 Å². The molecule has 0 saturated carbocycles. The Kier molecular flexibility index (Phi) is 6.06. The molecule has 0 bridgehead atoms. The molecule has 7 nitrogen and oxygen atoms in total. The summed E-state index contributed by atoms with van der Waals surface area (Å²) in [5, 5.41) is 6.57. The molecular formula is C16H21Br2N7. The summed E-state index contributed by atoms with van der Waals surface area (Å²) in [5.74, 6) is 2.20. The number of unbranched alkanes of at least 4 members (excludes halogenated alkanes) is 2. The van der Waals surface area contributed by atoms with Crippen molar-refractivity contribution in [3.63, 3.8) is 0 Å². The molecule has 0 saturated heterocycles. The van der Waals surface area contributed by atoms with E-state index in [4.69, 9.17) is 0 Å². The van der Waals surface area contributed by atoms with Crippen molar-refractivity contribution in [1.29, 1.82) is 0 Å². The van der Waals surface area contributed by atoms with E-state index in [1.807, 2.05) is 10.5 Å². The molecule has 0 radical (unpaired) electrons. The van der Waals surface area contributed by atoms with Crippen LogP contribution in [0.15, 0.2) is 25.0 Å². The number of hydrogen-bond donors (Lipinski definition) is 2. The van der Waals surface area contributed by atoms with Crippen LogP contribution >= 0.6 is 31.9 Å². The minimum absolute atomic E-state index is 0.486. The highest BCUT2D eigenvalue weighted by Gasteiger charge is 2.21. The zero-order valence-corrected chi connectivity index (χ0v) is 17.5. The fourth-order valence-corrected chi connectivity index (χ4v) is 3.73. The summed E-state index contributed by atoms with van der Waals surface area (Å²) in [5.41, 5.74) is 1.24. The van der Waals surface area contributed by atoms with Crippen molar-refractivity contribution in [3.8, 4) is 0 Å². The molecule has 2 aromatic heterocycles. The first-order valence-electron chi connectivity index (χ1n) is 8.51. The van der Waals surface area contributed by atoms with E-state index >= 15 is 0 Å². The number of nitrogens with one attached hydrogen (secondary N) is 2. The molecule has 3 heterocycles. The summed E-state index contributed by atoms with van der Waals surface area (Å²) in [7, 11) is 0. The molecule has 134 valence electrons. The van der Waals surface area contributed by atoms with Crippen molar-refractivity contribution in [1.82, 2.24) is 14.4 Å². The predicted molar refractivity (Wildman–Crippen MR) is 108 cm³/mol. The number of guanidine groups is 1. The van der Waals surface area contributed by atoms with Gasteiger partial charge in [-0.25, -0.2) is 9.39 Å². The number of nitrogens with zero attached hydrogens (tertiary/aromatic N) is 5. The largest absolute Gasteiger partial charge is 0.311 e. The standard InChI is InChI=1S/C16H21Br2N7/c1-3-5-7-19-14-21-12-10(17)9-11(18)13-22-15(20-8-6-4-2)24-16(23-14)25(12)13/h9H,3-8H2,1-2H3,(H2,19,20,21,22,23,24). The molecule has 25 heavy (non-hydrogen) atoms. The quantitative estimate of drug-likeness (QED) is 0.626. The number of rotatable bonds is 6. The Morgan fingerprint density at radius 3 is 2.44 bits per heavy atom. The Morgan fingerprint density at radius 1 is 1.00 bits per heavy atom. The third-order valence-electron chi connectivity index (χ3n) is 3.77. The summed E-state index contributed by atoms with van der Waals surface area (Å²) < 4.78 is 3.70. The normalized spacial score (nSPS) is 15.5. The van der Waals surface area contributed by atoms with Crippen LogP contribution in [-0.4, -0.2) is 33.4 Å². The highest BCUT2D eigenvalue weighted by atomic mass is 79.9. The van der Waals surface area contributed by atoms with Crippen molar-refractivity contribution < 1.29 is 0 Å². The summed E-state index contributed by atoms with van der Waals surface area (Å²) in [6, 6.07) is 1.97. The number of aliphatic imine (C=N–C) groups is 1. The van der Waals surface area contributed by atoms with Gasteiger partial charge in [0.2, 0.25) is 17.5 Å². The zero-order chi connectivity index (χ0) is 17.8.